The number of thiocarbonyl (C=S) groups is 2. The smallest absolute Gasteiger partial charge is 0.284 e. The van der Waals surface area contributed by atoms with Gasteiger partial charge in [0.25, 0.3) is 24.3 Å². The first kappa shape index (κ1) is 22.2. The number of allylic oxidation sites excluding steroid dienone is 3. The van der Waals surface area contributed by atoms with Crippen molar-refractivity contribution in [2.75, 3.05) is 0 Å². The van der Waals surface area contributed by atoms with E-state index in [0.29, 0.717) is 5.56 Å². The van der Waals surface area contributed by atoms with Gasteiger partial charge in [0, 0.05) is 5.92 Å². The van der Waals surface area contributed by atoms with Crippen molar-refractivity contribution in [2.24, 2.45) is 15.9 Å². The van der Waals surface area contributed by atoms with Gasteiger partial charge in [-0.1, -0.05) is 48.6 Å². The summed E-state index contributed by atoms with van der Waals surface area (Å²) in [7, 11) is -11.0. The molecule has 146 valence electrons. The lowest BCUT2D eigenvalue weighted by atomic mass is 9.94. The Hall–Kier alpha value is -2.14. The van der Waals surface area contributed by atoms with Crippen LogP contribution in [0.1, 0.15) is 5.56 Å². The van der Waals surface area contributed by atoms with Crippen LogP contribution < -0.4 is 0 Å². The molecule has 1 aliphatic carbocycles. The van der Waals surface area contributed by atoms with Crippen LogP contribution in [-0.2, 0) is 20.2 Å². The monoisotopic (exact) mass is 456 g/mol. The Labute approximate surface area is 172 Å². The van der Waals surface area contributed by atoms with Crippen molar-refractivity contribution < 1.29 is 25.9 Å². The van der Waals surface area contributed by atoms with E-state index < -0.39 is 35.9 Å². The fourth-order valence-electron chi connectivity index (χ4n) is 2.75. The zero-order valence-electron chi connectivity index (χ0n) is 13.8. The summed E-state index contributed by atoms with van der Waals surface area (Å²) in [6.07, 6.45) is 4.95. The molecule has 1 atom stereocenters. The van der Waals surface area contributed by atoms with Crippen LogP contribution in [0.2, 0.25) is 0 Å². The zero-order valence-corrected chi connectivity index (χ0v) is 17.1. The Bertz CT molecular complexity index is 1140. The van der Waals surface area contributed by atoms with Gasteiger partial charge in [-0.2, -0.15) is 26.8 Å². The maximum absolute atomic E-state index is 12.3. The van der Waals surface area contributed by atoms with E-state index in [1.807, 2.05) is 10.3 Å². The highest BCUT2D eigenvalue weighted by Crippen LogP contribution is 2.45. The Balaban J connectivity index is 2.90. The first-order valence-corrected chi connectivity index (χ1v) is 11.0. The molecule has 1 aromatic rings. The number of hydrogen-bond acceptors (Lipinski definition) is 8. The molecule has 8 nitrogen and oxygen atoms in total. The number of isothiocyanates is 2. The minimum absolute atomic E-state index is 0.369. The maximum Gasteiger partial charge on any atom is 0.294 e. The molecule has 2 N–H and O–H groups in total. The second-order valence-corrected chi connectivity index (χ2v) is 9.22. The molecule has 12 heteroatoms. The molecule has 1 aliphatic rings. The van der Waals surface area contributed by atoms with Crippen molar-refractivity contribution in [3.63, 3.8) is 0 Å². The summed E-state index contributed by atoms with van der Waals surface area (Å²) in [4.78, 5) is 7.04. The number of hydrogen-bond donors (Lipinski definition) is 2. The molecule has 1 unspecified atom stereocenters. The number of nitrogens with zero attached hydrogens (tertiary/aromatic N) is 2. The third kappa shape index (κ3) is 4.00. The van der Waals surface area contributed by atoms with Gasteiger partial charge in [0.1, 0.15) is 5.70 Å². The Morgan fingerprint density at radius 2 is 1.57 bits per heavy atom. The van der Waals surface area contributed by atoms with Crippen LogP contribution in [0, 0.1) is 5.92 Å². The van der Waals surface area contributed by atoms with E-state index in [1.54, 1.807) is 30.3 Å². The molecule has 0 aromatic heterocycles. The Kier molecular flexibility index (Phi) is 6.71. The molecule has 28 heavy (non-hydrogen) atoms. The molecule has 0 saturated heterocycles. The summed E-state index contributed by atoms with van der Waals surface area (Å²) in [5.74, 6) is -1.58. The average molecular weight is 457 g/mol. The fraction of sp³-hybridized carbons (Fsp3) is 0.125. The van der Waals surface area contributed by atoms with Gasteiger partial charge in [-0.25, -0.2) is 0 Å². The highest BCUT2D eigenvalue weighted by molar-refractivity contribution is 8.05. The summed E-state index contributed by atoms with van der Waals surface area (Å²) in [5, 5.41) is 3.78. The highest BCUT2D eigenvalue weighted by atomic mass is 32.3. The molecular formula is C16H12N2O6S4. The molecule has 0 saturated carbocycles. The lowest BCUT2D eigenvalue weighted by molar-refractivity contribution is 0.417. The molecular weight excluding hydrogens is 444 g/mol. The van der Waals surface area contributed by atoms with E-state index in [-0.39, 0.29) is 5.70 Å². The largest absolute Gasteiger partial charge is 0.294 e. The van der Waals surface area contributed by atoms with Gasteiger partial charge in [-0.15, -0.1) is 0 Å². The van der Waals surface area contributed by atoms with Crippen molar-refractivity contribution >= 4 is 61.1 Å². The number of aliphatic imine (C=N–C) groups is 2. The Morgan fingerprint density at radius 3 is 2.07 bits per heavy atom. The molecule has 0 heterocycles. The van der Waals surface area contributed by atoms with Crippen molar-refractivity contribution in [3.8, 4) is 0 Å². The van der Waals surface area contributed by atoms with Crippen molar-refractivity contribution in [2.45, 2.75) is 4.08 Å². The van der Waals surface area contributed by atoms with Crippen LogP contribution in [0.15, 0.2) is 69.9 Å². The Morgan fingerprint density at radius 1 is 1.00 bits per heavy atom. The molecule has 0 bridgehead atoms. The van der Waals surface area contributed by atoms with Crippen molar-refractivity contribution in [1.29, 1.82) is 0 Å². The maximum atomic E-state index is 12.3. The highest BCUT2D eigenvalue weighted by Gasteiger charge is 2.64. The van der Waals surface area contributed by atoms with E-state index in [0.717, 1.165) is 6.08 Å². The SMILES string of the molecule is O=S(=O)(O)C1(S(=O)(=O)O)C(N=C=S)=C(N=C=S)C=CC1C=Cc1ccccc1. The van der Waals surface area contributed by atoms with E-state index in [4.69, 9.17) is 0 Å². The third-order valence-electron chi connectivity index (χ3n) is 3.86. The lowest BCUT2D eigenvalue weighted by Gasteiger charge is -2.34. The van der Waals surface area contributed by atoms with Gasteiger partial charge < -0.3 is 0 Å². The van der Waals surface area contributed by atoms with Gasteiger partial charge >= 0.3 is 0 Å². The molecule has 0 aliphatic heterocycles. The zero-order chi connectivity index (χ0) is 21.0. The molecule has 2 rings (SSSR count). The summed E-state index contributed by atoms with van der Waals surface area (Å²) in [6, 6.07) is 8.54. The fourth-order valence-corrected chi connectivity index (χ4v) is 5.79. The van der Waals surface area contributed by atoms with Crippen LogP contribution >= 0.6 is 24.4 Å². The van der Waals surface area contributed by atoms with E-state index in [9.17, 15) is 25.9 Å². The molecule has 0 amide bonds. The quantitative estimate of drug-likeness (QED) is 0.379. The van der Waals surface area contributed by atoms with Crippen LogP contribution in [0.3, 0.4) is 0 Å². The summed E-state index contributed by atoms with van der Waals surface area (Å²) in [5.41, 5.74) is -0.607. The third-order valence-corrected chi connectivity index (χ3v) is 7.77. The molecule has 1 aromatic carbocycles. The van der Waals surface area contributed by atoms with Gasteiger partial charge in [0.05, 0.1) is 16.0 Å². The predicted molar refractivity (Wildman–Crippen MR) is 111 cm³/mol. The van der Waals surface area contributed by atoms with Crippen molar-refractivity contribution in [3.05, 3.63) is 65.5 Å². The van der Waals surface area contributed by atoms with Crippen LogP contribution in [0.4, 0.5) is 0 Å². The number of rotatable bonds is 6. The predicted octanol–water partition coefficient (Wildman–Crippen LogP) is 2.77. The van der Waals surface area contributed by atoms with E-state index >= 15 is 0 Å². The van der Waals surface area contributed by atoms with E-state index in [1.165, 1.54) is 18.2 Å². The standard InChI is InChI=1S/C16H12N2O6S4/c19-27(20,21)16(28(22,23)24)13(7-6-12-4-2-1-3-5-12)8-9-14(17-10-25)15(16)18-11-26/h1-9,13H,(H,19,20,21)(H,22,23,24). The summed E-state index contributed by atoms with van der Waals surface area (Å²) >= 11 is 8.93. The first-order valence-electron chi connectivity index (χ1n) is 7.35. The van der Waals surface area contributed by atoms with Crippen LogP contribution in [0.25, 0.3) is 6.08 Å². The second-order valence-electron chi connectivity index (χ2n) is 5.41. The van der Waals surface area contributed by atoms with E-state index in [2.05, 4.69) is 34.4 Å². The average Bonchev–Trinajstić information content (AvgIpc) is 2.60. The normalized spacial score (nSPS) is 19.1. The molecule has 0 radical (unpaired) electrons. The van der Waals surface area contributed by atoms with Gasteiger partial charge in [-0.3, -0.25) is 9.11 Å². The summed E-state index contributed by atoms with van der Waals surface area (Å²) < 4.78 is 65.7. The lowest BCUT2D eigenvalue weighted by Crippen LogP contribution is -2.53. The number of benzene rings is 1. The first-order chi connectivity index (χ1) is 13.1. The van der Waals surface area contributed by atoms with Gasteiger partial charge in [0.15, 0.2) is 0 Å². The second kappa shape index (κ2) is 8.48. The minimum Gasteiger partial charge on any atom is -0.284 e. The topological polar surface area (TPSA) is 133 Å². The van der Waals surface area contributed by atoms with Crippen molar-refractivity contribution in [1.82, 2.24) is 0 Å². The molecule has 0 spiro atoms. The van der Waals surface area contributed by atoms with Crippen LogP contribution in [0.5, 0.6) is 0 Å². The minimum atomic E-state index is -5.52. The summed E-state index contributed by atoms with van der Waals surface area (Å²) in [6.45, 7) is 0. The van der Waals surface area contributed by atoms with Gasteiger partial charge in [0.2, 0.25) is 0 Å². The van der Waals surface area contributed by atoms with Crippen LogP contribution in [-0.4, -0.2) is 40.3 Å². The molecule has 0 fully saturated rings. The van der Waals surface area contributed by atoms with Gasteiger partial charge in [-0.05, 0) is 36.1 Å².